The standard InChI is InChI=1S/C17H18N2O4/c18-17(21)13-5-2-1-4-12(13)10-16(20)19-7-9-22-11-14(19)15-6-3-8-23-15/h1-6,8,14H,7,9-11H2,(H2,18,21). The normalized spacial score (nSPS) is 17.9. The van der Waals surface area contributed by atoms with Crippen LogP contribution < -0.4 is 5.73 Å². The summed E-state index contributed by atoms with van der Waals surface area (Å²) in [5.74, 6) is 0.0857. The molecule has 0 bridgehead atoms. The molecule has 1 fully saturated rings. The van der Waals surface area contributed by atoms with Gasteiger partial charge in [-0.3, -0.25) is 9.59 Å². The summed E-state index contributed by atoms with van der Waals surface area (Å²) in [6.07, 6.45) is 1.70. The van der Waals surface area contributed by atoms with E-state index in [4.69, 9.17) is 14.9 Å². The van der Waals surface area contributed by atoms with Crippen LogP contribution in [-0.2, 0) is 16.0 Å². The molecule has 1 aromatic carbocycles. The third kappa shape index (κ3) is 3.27. The Balaban J connectivity index is 1.80. The van der Waals surface area contributed by atoms with Crippen molar-refractivity contribution in [3.63, 3.8) is 0 Å². The van der Waals surface area contributed by atoms with Crippen LogP contribution in [0.25, 0.3) is 0 Å². The second-order valence-corrected chi connectivity index (χ2v) is 5.39. The molecule has 1 aromatic heterocycles. The van der Waals surface area contributed by atoms with Gasteiger partial charge in [0.25, 0.3) is 0 Å². The lowest BCUT2D eigenvalue weighted by Gasteiger charge is -2.34. The number of hydrogen-bond donors (Lipinski definition) is 1. The molecule has 2 heterocycles. The summed E-state index contributed by atoms with van der Waals surface area (Å²) in [5.41, 5.74) is 6.39. The van der Waals surface area contributed by atoms with E-state index in [1.807, 2.05) is 6.07 Å². The minimum Gasteiger partial charge on any atom is -0.467 e. The number of carbonyl (C=O) groups excluding carboxylic acids is 2. The Morgan fingerprint density at radius 2 is 2.04 bits per heavy atom. The Morgan fingerprint density at radius 3 is 2.78 bits per heavy atom. The second-order valence-electron chi connectivity index (χ2n) is 5.39. The topological polar surface area (TPSA) is 85.8 Å². The van der Waals surface area contributed by atoms with Crippen molar-refractivity contribution in [2.24, 2.45) is 5.73 Å². The monoisotopic (exact) mass is 314 g/mol. The highest BCUT2D eigenvalue weighted by Crippen LogP contribution is 2.25. The Kier molecular flexibility index (Phi) is 4.43. The number of primary amides is 1. The number of furan rings is 1. The van der Waals surface area contributed by atoms with Gasteiger partial charge in [0.15, 0.2) is 0 Å². The molecule has 23 heavy (non-hydrogen) atoms. The summed E-state index contributed by atoms with van der Waals surface area (Å²) in [7, 11) is 0. The van der Waals surface area contributed by atoms with Crippen molar-refractivity contribution in [1.29, 1.82) is 0 Å². The Bertz CT molecular complexity index is 696. The first-order valence-electron chi connectivity index (χ1n) is 7.45. The molecule has 120 valence electrons. The summed E-state index contributed by atoms with van der Waals surface area (Å²) in [6, 6.07) is 10.3. The molecule has 1 aliphatic heterocycles. The van der Waals surface area contributed by atoms with Crippen LogP contribution in [0.15, 0.2) is 47.1 Å². The number of carbonyl (C=O) groups is 2. The van der Waals surface area contributed by atoms with Crippen molar-refractivity contribution in [3.8, 4) is 0 Å². The van der Waals surface area contributed by atoms with E-state index < -0.39 is 5.91 Å². The molecule has 0 spiro atoms. The van der Waals surface area contributed by atoms with Gasteiger partial charge in [-0.25, -0.2) is 0 Å². The first-order valence-corrected chi connectivity index (χ1v) is 7.45. The average molecular weight is 314 g/mol. The molecule has 1 saturated heterocycles. The van der Waals surface area contributed by atoms with Crippen molar-refractivity contribution in [1.82, 2.24) is 4.90 Å². The van der Waals surface area contributed by atoms with Crippen LogP contribution in [-0.4, -0.2) is 36.5 Å². The lowest BCUT2D eigenvalue weighted by atomic mass is 10.0. The summed E-state index contributed by atoms with van der Waals surface area (Å²) in [5, 5.41) is 0. The van der Waals surface area contributed by atoms with E-state index in [1.165, 1.54) is 0 Å². The summed E-state index contributed by atoms with van der Waals surface area (Å²) < 4.78 is 10.9. The summed E-state index contributed by atoms with van der Waals surface area (Å²) in [4.78, 5) is 26.0. The Hall–Kier alpha value is -2.60. The van der Waals surface area contributed by atoms with Crippen LogP contribution in [0.5, 0.6) is 0 Å². The molecule has 6 nitrogen and oxygen atoms in total. The molecule has 0 radical (unpaired) electrons. The minimum absolute atomic E-state index is 0.0802. The van der Waals surface area contributed by atoms with E-state index in [2.05, 4.69) is 0 Å². The predicted octanol–water partition coefficient (Wildman–Crippen LogP) is 1.52. The van der Waals surface area contributed by atoms with Gasteiger partial charge in [0.2, 0.25) is 11.8 Å². The van der Waals surface area contributed by atoms with Crippen molar-refractivity contribution < 1.29 is 18.7 Å². The number of hydrogen-bond acceptors (Lipinski definition) is 4. The van der Waals surface area contributed by atoms with Gasteiger partial charge < -0.3 is 19.8 Å². The van der Waals surface area contributed by atoms with Gasteiger partial charge >= 0.3 is 0 Å². The number of amides is 2. The van der Waals surface area contributed by atoms with E-state index in [0.29, 0.717) is 36.6 Å². The smallest absolute Gasteiger partial charge is 0.248 e. The zero-order chi connectivity index (χ0) is 16.2. The van der Waals surface area contributed by atoms with E-state index in [-0.39, 0.29) is 18.4 Å². The fourth-order valence-corrected chi connectivity index (χ4v) is 2.80. The van der Waals surface area contributed by atoms with Gasteiger partial charge in [0, 0.05) is 12.1 Å². The highest BCUT2D eigenvalue weighted by atomic mass is 16.5. The first kappa shape index (κ1) is 15.3. The molecule has 2 aromatic rings. The molecule has 2 amide bonds. The largest absolute Gasteiger partial charge is 0.467 e. The molecular formula is C17H18N2O4. The van der Waals surface area contributed by atoms with Crippen LogP contribution in [0.3, 0.4) is 0 Å². The van der Waals surface area contributed by atoms with E-state index >= 15 is 0 Å². The fraction of sp³-hybridized carbons (Fsp3) is 0.294. The molecule has 1 atom stereocenters. The van der Waals surface area contributed by atoms with Crippen LogP contribution in [0.4, 0.5) is 0 Å². The Labute approximate surface area is 133 Å². The second kappa shape index (κ2) is 6.66. The summed E-state index contributed by atoms with van der Waals surface area (Å²) >= 11 is 0. The number of ether oxygens (including phenoxy) is 1. The first-order chi connectivity index (χ1) is 11.2. The number of rotatable bonds is 4. The van der Waals surface area contributed by atoms with Crippen molar-refractivity contribution in [2.75, 3.05) is 19.8 Å². The average Bonchev–Trinajstić information content (AvgIpc) is 3.09. The molecule has 0 aliphatic carbocycles. The SMILES string of the molecule is NC(=O)c1ccccc1CC(=O)N1CCOCC1c1ccco1. The van der Waals surface area contributed by atoms with Gasteiger partial charge in [-0.2, -0.15) is 0 Å². The molecule has 1 aliphatic rings. The molecule has 1 unspecified atom stereocenters. The molecule has 6 heteroatoms. The van der Waals surface area contributed by atoms with Crippen molar-refractivity contribution >= 4 is 11.8 Å². The van der Waals surface area contributed by atoms with E-state index in [1.54, 1.807) is 41.5 Å². The van der Waals surface area contributed by atoms with Crippen molar-refractivity contribution in [3.05, 3.63) is 59.5 Å². The van der Waals surface area contributed by atoms with Crippen LogP contribution in [0.1, 0.15) is 27.7 Å². The zero-order valence-electron chi connectivity index (χ0n) is 12.6. The molecule has 0 saturated carbocycles. The maximum Gasteiger partial charge on any atom is 0.248 e. The third-order valence-electron chi connectivity index (χ3n) is 3.94. The number of nitrogens with two attached hydrogens (primary N) is 1. The van der Waals surface area contributed by atoms with Gasteiger partial charge in [0.05, 0.1) is 25.9 Å². The van der Waals surface area contributed by atoms with Gasteiger partial charge in [0.1, 0.15) is 11.8 Å². The quantitative estimate of drug-likeness (QED) is 0.927. The lowest BCUT2D eigenvalue weighted by molar-refractivity contribution is -0.140. The number of nitrogens with zero attached hydrogens (tertiary/aromatic N) is 1. The summed E-state index contributed by atoms with van der Waals surface area (Å²) in [6.45, 7) is 1.38. The molecule has 2 N–H and O–H groups in total. The fourth-order valence-electron chi connectivity index (χ4n) is 2.80. The van der Waals surface area contributed by atoms with E-state index in [9.17, 15) is 9.59 Å². The van der Waals surface area contributed by atoms with Crippen LogP contribution in [0.2, 0.25) is 0 Å². The maximum absolute atomic E-state index is 12.7. The van der Waals surface area contributed by atoms with Crippen molar-refractivity contribution in [2.45, 2.75) is 12.5 Å². The highest BCUT2D eigenvalue weighted by Gasteiger charge is 2.30. The zero-order valence-corrected chi connectivity index (χ0v) is 12.6. The highest BCUT2D eigenvalue weighted by molar-refractivity contribution is 5.95. The van der Waals surface area contributed by atoms with E-state index in [0.717, 1.165) is 0 Å². The number of morpholine rings is 1. The lowest BCUT2D eigenvalue weighted by Crippen LogP contribution is -2.44. The number of benzene rings is 1. The maximum atomic E-state index is 12.7. The van der Waals surface area contributed by atoms with Crippen LogP contribution in [0, 0.1) is 0 Å². The third-order valence-corrected chi connectivity index (χ3v) is 3.94. The predicted molar refractivity (Wildman–Crippen MR) is 82.6 cm³/mol. The molecular weight excluding hydrogens is 296 g/mol. The molecule has 3 rings (SSSR count). The van der Waals surface area contributed by atoms with Crippen LogP contribution >= 0.6 is 0 Å². The van der Waals surface area contributed by atoms with Gasteiger partial charge in [-0.15, -0.1) is 0 Å². The minimum atomic E-state index is -0.530. The Morgan fingerprint density at radius 1 is 1.22 bits per heavy atom. The van der Waals surface area contributed by atoms with Gasteiger partial charge in [-0.05, 0) is 23.8 Å². The van der Waals surface area contributed by atoms with Gasteiger partial charge in [-0.1, -0.05) is 18.2 Å².